The Labute approximate surface area is 126 Å². The van der Waals surface area contributed by atoms with Crippen LogP contribution in [0.4, 0.5) is 5.82 Å². The van der Waals surface area contributed by atoms with Gasteiger partial charge in [-0.1, -0.05) is 13.3 Å². The van der Waals surface area contributed by atoms with Crippen molar-refractivity contribution in [1.82, 2.24) is 4.98 Å². The molecular formula is C17H23N3O. The van der Waals surface area contributed by atoms with Crippen molar-refractivity contribution in [3.05, 3.63) is 22.9 Å². The van der Waals surface area contributed by atoms with Crippen LogP contribution in [-0.2, 0) is 17.8 Å². The second-order valence-electron chi connectivity index (χ2n) is 6.05. The third kappa shape index (κ3) is 3.03. The number of pyridine rings is 1. The molecule has 0 bridgehead atoms. The molecule has 21 heavy (non-hydrogen) atoms. The molecule has 4 nitrogen and oxygen atoms in total. The molecule has 0 spiro atoms. The van der Waals surface area contributed by atoms with Crippen LogP contribution in [0.3, 0.4) is 0 Å². The molecule has 1 fully saturated rings. The molecule has 4 heteroatoms. The summed E-state index contributed by atoms with van der Waals surface area (Å²) in [5.74, 6) is 0.896. The van der Waals surface area contributed by atoms with Crippen molar-refractivity contribution < 1.29 is 4.74 Å². The number of aromatic nitrogens is 1. The van der Waals surface area contributed by atoms with E-state index in [9.17, 15) is 5.26 Å². The fraction of sp³-hybridized carbons (Fsp3) is 0.647. The number of ether oxygens (including phenoxy) is 1. The molecule has 0 radical (unpaired) electrons. The first kappa shape index (κ1) is 14.3. The Bertz CT molecular complexity index is 544. The number of hydrogen-bond donors (Lipinski definition) is 0. The molecule has 0 aromatic carbocycles. The smallest absolute Gasteiger partial charge is 0.146 e. The van der Waals surface area contributed by atoms with Crippen LogP contribution in [-0.4, -0.2) is 24.2 Å². The minimum atomic E-state index is 0.289. The number of fused-ring (bicyclic) bond motifs is 1. The zero-order chi connectivity index (χ0) is 14.7. The van der Waals surface area contributed by atoms with Crippen LogP contribution in [0, 0.1) is 11.3 Å². The van der Waals surface area contributed by atoms with Crippen molar-refractivity contribution in [2.45, 2.75) is 58.2 Å². The first-order chi connectivity index (χ1) is 10.3. The Morgan fingerprint density at radius 1 is 1.38 bits per heavy atom. The minimum Gasteiger partial charge on any atom is -0.373 e. The standard InChI is InChI=1S/C17H23N3O/c1-2-6-15-10-16-14(12-21-15)9-13(11-18)17(19-16)20-7-4-3-5-8-20/h9,15H,2-8,10,12H2,1H3/t15-/m1/s1. The van der Waals surface area contributed by atoms with E-state index in [1.54, 1.807) is 0 Å². The molecule has 0 amide bonds. The number of rotatable bonds is 3. The second-order valence-corrected chi connectivity index (χ2v) is 6.05. The highest BCUT2D eigenvalue weighted by Crippen LogP contribution is 2.28. The summed E-state index contributed by atoms with van der Waals surface area (Å²) in [4.78, 5) is 7.15. The largest absolute Gasteiger partial charge is 0.373 e. The average Bonchev–Trinajstić information content (AvgIpc) is 2.54. The third-order valence-electron chi connectivity index (χ3n) is 4.45. The normalized spacial score (nSPS) is 21.7. The molecule has 0 N–H and O–H groups in total. The molecule has 0 unspecified atom stereocenters. The molecule has 1 saturated heterocycles. The lowest BCUT2D eigenvalue weighted by atomic mass is 10.00. The van der Waals surface area contributed by atoms with Gasteiger partial charge in [0, 0.05) is 25.1 Å². The van der Waals surface area contributed by atoms with Gasteiger partial charge in [-0.3, -0.25) is 0 Å². The van der Waals surface area contributed by atoms with Gasteiger partial charge in [-0.25, -0.2) is 4.98 Å². The van der Waals surface area contributed by atoms with Crippen LogP contribution in [0.25, 0.3) is 0 Å². The fourth-order valence-corrected chi connectivity index (χ4v) is 3.30. The van der Waals surface area contributed by atoms with Gasteiger partial charge >= 0.3 is 0 Å². The number of hydrogen-bond acceptors (Lipinski definition) is 4. The highest BCUT2D eigenvalue weighted by molar-refractivity contribution is 5.56. The summed E-state index contributed by atoms with van der Waals surface area (Å²) in [5.41, 5.74) is 2.94. The highest BCUT2D eigenvalue weighted by Gasteiger charge is 2.24. The predicted molar refractivity (Wildman–Crippen MR) is 82.2 cm³/mol. The maximum Gasteiger partial charge on any atom is 0.146 e. The monoisotopic (exact) mass is 285 g/mol. The van der Waals surface area contributed by atoms with Crippen LogP contribution < -0.4 is 4.90 Å². The van der Waals surface area contributed by atoms with E-state index in [0.717, 1.165) is 49.4 Å². The quantitative estimate of drug-likeness (QED) is 0.856. The molecule has 1 aromatic rings. The number of nitriles is 1. The van der Waals surface area contributed by atoms with E-state index in [4.69, 9.17) is 9.72 Å². The van der Waals surface area contributed by atoms with Gasteiger partial charge in [0.05, 0.1) is 24.0 Å². The summed E-state index contributed by atoms with van der Waals surface area (Å²) in [6.45, 7) is 4.83. The van der Waals surface area contributed by atoms with E-state index >= 15 is 0 Å². The SMILES string of the molecule is CCC[C@@H]1Cc2nc(N3CCCCC3)c(C#N)cc2CO1. The Morgan fingerprint density at radius 2 is 2.19 bits per heavy atom. The van der Waals surface area contributed by atoms with Gasteiger partial charge in [0.25, 0.3) is 0 Å². The summed E-state index contributed by atoms with van der Waals surface area (Å²) < 4.78 is 5.87. The van der Waals surface area contributed by atoms with Crippen molar-refractivity contribution in [3.8, 4) is 6.07 Å². The number of nitrogens with zero attached hydrogens (tertiary/aromatic N) is 3. The summed E-state index contributed by atoms with van der Waals surface area (Å²) in [6, 6.07) is 4.31. The van der Waals surface area contributed by atoms with Crippen molar-refractivity contribution >= 4 is 5.82 Å². The lowest BCUT2D eigenvalue weighted by Crippen LogP contribution is -2.32. The van der Waals surface area contributed by atoms with Gasteiger partial charge in [0.1, 0.15) is 11.9 Å². The third-order valence-corrected chi connectivity index (χ3v) is 4.45. The van der Waals surface area contributed by atoms with Crippen molar-refractivity contribution in [3.63, 3.8) is 0 Å². The van der Waals surface area contributed by atoms with E-state index in [0.29, 0.717) is 12.2 Å². The second kappa shape index (κ2) is 6.44. The zero-order valence-electron chi connectivity index (χ0n) is 12.8. The van der Waals surface area contributed by atoms with E-state index < -0.39 is 0 Å². The minimum absolute atomic E-state index is 0.289. The van der Waals surface area contributed by atoms with Crippen LogP contribution in [0.2, 0.25) is 0 Å². The maximum absolute atomic E-state index is 9.43. The lowest BCUT2D eigenvalue weighted by Gasteiger charge is -2.31. The van der Waals surface area contributed by atoms with Gasteiger partial charge in [0.2, 0.25) is 0 Å². The van der Waals surface area contributed by atoms with Gasteiger partial charge in [0.15, 0.2) is 0 Å². The first-order valence-corrected chi connectivity index (χ1v) is 8.11. The van der Waals surface area contributed by atoms with Crippen LogP contribution in [0.1, 0.15) is 55.8 Å². The summed E-state index contributed by atoms with van der Waals surface area (Å²) in [6.07, 6.45) is 7.08. The lowest BCUT2D eigenvalue weighted by molar-refractivity contribution is 0.0215. The topological polar surface area (TPSA) is 49.2 Å². The molecule has 2 aliphatic heterocycles. The van der Waals surface area contributed by atoms with E-state index in [1.165, 1.54) is 19.3 Å². The molecule has 3 rings (SSSR count). The molecule has 3 heterocycles. The van der Waals surface area contributed by atoms with E-state index in [-0.39, 0.29) is 6.10 Å². The Hall–Kier alpha value is -1.60. The molecule has 0 saturated carbocycles. The van der Waals surface area contributed by atoms with Crippen LogP contribution >= 0.6 is 0 Å². The van der Waals surface area contributed by atoms with Crippen molar-refractivity contribution in [1.29, 1.82) is 5.26 Å². The van der Waals surface area contributed by atoms with E-state index in [1.807, 2.05) is 6.07 Å². The van der Waals surface area contributed by atoms with Gasteiger partial charge in [-0.2, -0.15) is 5.26 Å². The summed E-state index contributed by atoms with van der Waals surface area (Å²) >= 11 is 0. The Kier molecular flexibility index (Phi) is 4.40. The fourth-order valence-electron chi connectivity index (χ4n) is 3.30. The van der Waals surface area contributed by atoms with Gasteiger partial charge in [-0.15, -0.1) is 0 Å². The molecule has 0 aliphatic carbocycles. The highest BCUT2D eigenvalue weighted by atomic mass is 16.5. The number of piperidine rings is 1. The van der Waals surface area contributed by atoms with E-state index in [2.05, 4.69) is 17.9 Å². The average molecular weight is 285 g/mol. The van der Waals surface area contributed by atoms with Crippen LogP contribution in [0.15, 0.2) is 6.07 Å². The van der Waals surface area contributed by atoms with Crippen molar-refractivity contribution in [2.75, 3.05) is 18.0 Å². The number of anilines is 1. The van der Waals surface area contributed by atoms with Gasteiger partial charge < -0.3 is 9.64 Å². The molecule has 1 aromatic heterocycles. The van der Waals surface area contributed by atoms with Crippen LogP contribution in [0.5, 0.6) is 0 Å². The predicted octanol–water partition coefficient (Wildman–Crippen LogP) is 3.18. The summed E-state index contributed by atoms with van der Waals surface area (Å²) in [7, 11) is 0. The van der Waals surface area contributed by atoms with Gasteiger partial charge in [-0.05, 0) is 31.7 Å². The Balaban J connectivity index is 1.90. The molecule has 2 aliphatic rings. The maximum atomic E-state index is 9.43. The Morgan fingerprint density at radius 3 is 2.90 bits per heavy atom. The molecule has 112 valence electrons. The first-order valence-electron chi connectivity index (χ1n) is 8.11. The molecular weight excluding hydrogens is 262 g/mol. The summed E-state index contributed by atoms with van der Waals surface area (Å²) in [5, 5.41) is 9.43. The molecule has 1 atom stereocenters. The zero-order valence-corrected chi connectivity index (χ0v) is 12.8. The van der Waals surface area contributed by atoms with Crippen molar-refractivity contribution in [2.24, 2.45) is 0 Å².